The summed E-state index contributed by atoms with van der Waals surface area (Å²) in [6.07, 6.45) is -1.03. The molecule has 1 aromatic heterocycles. The molecule has 0 fully saturated rings. The molecule has 1 aliphatic rings. The SMILES string of the molecule is O=[SH](=O)c1nc2n(n1)[C@H](c1ccccc1)C[C@@H]2F. The van der Waals surface area contributed by atoms with Crippen molar-refractivity contribution in [2.24, 2.45) is 0 Å². The summed E-state index contributed by atoms with van der Waals surface area (Å²) in [6.45, 7) is 0. The topological polar surface area (TPSA) is 64.8 Å². The van der Waals surface area contributed by atoms with E-state index in [1.165, 1.54) is 4.68 Å². The quantitative estimate of drug-likeness (QED) is 0.832. The van der Waals surface area contributed by atoms with Crippen molar-refractivity contribution >= 4 is 10.7 Å². The summed E-state index contributed by atoms with van der Waals surface area (Å²) in [6, 6.07) is 9.02. The van der Waals surface area contributed by atoms with Gasteiger partial charge in [0.15, 0.2) is 12.0 Å². The molecule has 18 heavy (non-hydrogen) atoms. The van der Waals surface area contributed by atoms with E-state index < -0.39 is 16.9 Å². The molecular weight excluding hydrogens is 257 g/mol. The summed E-state index contributed by atoms with van der Waals surface area (Å²) in [5.41, 5.74) is 0.900. The smallest absolute Gasteiger partial charge is 0.239 e. The molecule has 3 rings (SSSR count). The molecule has 0 amide bonds. The third-order valence-electron chi connectivity index (χ3n) is 3.00. The van der Waals surface area contributed by atoms with Crippen LogP contribution in [-0.2, 0) is 10.7 Å². The second-order valence-electron chi connectivity index (χ2n) is 4.10. The second-order valence-corrected chi connectivity index (χ2v) is 5.02. The summed E-state index contributed by atoms with van der Waals surface area (Å²) < 4.78 is 36.8. The lowest BCUT2D eigenvalue weighted by Crippen LogP contribution is -2.07. The standard InChI is InChI=1S/C11H10FN3O2S/c12-8-6-9(7-4-2-1-3-5-7)15-10(8)13-11(14-15)18(16)17/h1-5,8-9,18H,6H2/t8-,9-/m0/s1. The maximum atomic E-state index is 13.8. The van der Waals surface area contributed by atoms with Crippen molar-refractivity contribution in [3.63, 3.8) is 0 Å². The molecule has 0 saturated heterocycles. The Morgan fingerprint density at radius 1 is 1.28 bits per heavy atom. The average Bonchev–Trinajstić information content (AvgIpc) is 2.92. The summed E-state index contributed by atoms with van der Waals surface area (Å²) >= 11 is 0. The molecule has 0 spiro atoms. The Bertz CT molecular complexity index is 646. The molecule has 7 heteroatoms. The summed E-state index contributed by atoms with van der Waals surface area (Å²) in [7, 11) is -2.88. The van der Waals surface area contributed by atoms with E-state index in [4.69, 9.17) is 0 Å². The lowest BCUT2D eigenvalue weighted by atomic mass is 10.0. The number of aromatic nitrogens is 3. The molecule has 0 unspecified atom stereocenters. The van der Waals surface area contributed by atoms with E-state index in [9.17, 15) is 12.8 Å². The Morgan fingerprint density at radius 3 is 2.67 bits per heavy atom. The zero-order chi connectivity index (χ0) is 12.7. The first kappa shape index (κ1) is 11.3. The number of alkyl halides is 1. The monoisotopic (exact) mass is 267 g/mol. The van der Waals surface area contributed by atoms with Crippen LogP contribution in [0.1, 0.15) is 30.0 Å². The fourth-order valence-corrected chi connectivity index (χ4v) is 2.55. The van der Waals surface area contributed by atoms with E-state index in [0.717, 1.165) is 5.56 Å². The number of hydrogen-bond acceptors (Lipinski definition) is 4. The molecule has 2 heterocycles. The van der Waals surface area contributed by atoms with Crippen LogP contribution < -0.4 is 0 Å². The molecule has 0 N–H and O–H groups in total. The summed E-state index contributed by atoms with van der Waals surface area (Å²) in [4.78, 5) is 3.73. The zero-order valence-electron chi connectivity index (χ0n) is 9.23. The first-order chi connectivity index (χ1) is 8.66. The Labute approximate surface area is 104 Å². The molecule has 2 atom stereocenters. The molecule has 0 bridgehead atoms. The largest absolute Gasteiger partial charge is 0.264 e. The minimum atomic E-state index is -2.88. The van der Waals surface area contributed by atoms with Crippen molar-refractivity contribution in [1.29, 1.82) is 0 Å². The number of rotatable bonds is 2. The Morgan fingerprint density at radius 2 is 2.00 bits per heavy atom. The van der Waals surface area contributed by atoms with Crippen LogP contribution in [0.5, 0.6) is 0 Å². The minimum Gasteiger partial charge on any atom is -0.239 e. The average molecular weight is 267 g/mol. The number of fused-ring (bicyclic) bond motifs is 1. The highest BCUT2D eigenvalue weighted by Gasteiger charge is 2.35. The molecule has 2 aromatic rings. The molecule has 0 saturated carbocycles. The van der Waals surface area contributed by atoms with Crippen molar-refractivity contribution in [2.75, 3.05) is 0 Å². The maximum Gasteiger partial charge on any atom is 0.264 e. The minimum absolute atomic E-state index is 0.0954. The molecule has 0 aliphatic carbocycles. The van der Waals surface area contributed by atoms with E-state index in [0.29, 0.717) is 0 Å². The first-order valence-electron chi connectivity index (χ1n) is 5.46. The van der Waals surface area contributed by atoms with Gasteiger partial charge in [0.1, 0.15) is 0 Å². The lowest BCUT2D eigenvalue weighted by Gasteiger charge is -2.10. The van der Waals surface area contributed by atoms with Crippen LogP contribution in [0.15, 0.2) is 35.5 Å². The Kier molecular flexibility index (Phi) is 2.62. The van der Waals surface area contributed by atoms with Crippen molar-refractivity contribution in [3.05, 3.63) is 41.7 Å². The van der Waals surface area contributed by atoms with Gasteiger partial charge in [0.2, 0.25) is 10.7 Å². The van der Waals surface area contributed by atoms with E-state index in [-0.39, 0.29) is 23.4 Å². The van der Waals surface area contributed by atoms with Gasteiger partial charge in [-0.3, -0.25) is 0 Å². The van der Waals surface area contributed by atoms with Gasteiger partial charge in [-0.25, -0.2) is 17.5 Å². The Balaban J connectivity index is 2.08. The van der Waals surface area contributed by atoms with E-state index in [1.807, 2.05) is 30.3 Å². The van der Waals surface area contributed by atoms with Gasteiger partial charge >= 0.3 is 0 Å². The zero-order valence-corrected chi connectivity index (χ0v) is 10.1. The number of benzene rings is 1. The predicted molar refractivity (Wildman–Crippen MR) is 61.6 cm³/mol. The highest BCUT2D eigenvalue weighted by atomic mass is 32.2. The predicted octanol–water partition coefficient (Wildman–Crippen LogP) is 1.25. The van der Waals surface area contributed by atoms with Crippen LogP contribution in [0.3, 0.4) is 0 Å². The number of thiol groups is 1. The van der Waals surface area contributed by atoms with Crippen LogP contribution in [-0.4, -0.2) is 23.2 Å². The lowest BCUT2D eigenvalue weighted by molar-refractivity contribution is 0.327. The van der Waals surface area contributed by atoms with Gasteiger partial charge in [-0.15, -0.1) is 5.10 Å². The van der Waals surface area contributed by atoms with Gasteiger partial charge in [-0.1, -0.05) is 30.3 Å². The molecular formula is C11H10FN3O2S. The van der Waals surface area contributed by atoms with Crippen molar-refractivity contribution < 1.29 is 12.8 Å². The van der Waals surface area contributed by atoms with Gasteiger partial charge in [-0.05, 0) is 5.56 Å². The molecule has 5 nitrogen and oxygen atoms in total. The van der Waals surface area contributed by atoms with Gasteiger partial charge in [0, 0.05) is 6.42 Å². The van der Waals surface area contributed by atoms with Crippen LogP contribution in [0.4, 0.5) is 4.39 Å². The normalized spacial score (nSPS) is 22.3. The third kappa shape index (κ3) is 1.71. The first-order valence-corrected chi connectivity index (χ1v) is 6.64. The maximum absolute atomic E-state index is 13.8. The van der Waals surface area contributed by atoms with Crippen molar-refractivity contribution in [3.8, 4) is 0 Å². The molecule has 0 radical (unpaired) electrons. The highest BCUT2D eigenvalue weighted by Crippen LogP contribution is 2.39. The van der Waals surface area contributed by atoms with Crippen LogP contribution in [0, 0.1) is 0 Å². The van der Waals surface area contributed by atoms with Gasteiger partial charge in [0.05, 0.1) is 6.04 Å². The Hall–Kier alpha value is -1.76. The fraction of sp³-hybridized carbons (Fsp3) is 0.273. The van der Waals surface area contributed by atoms with Crippen LogP contribution >= 0.6 is 0 Å². The second kappa shape index (κ2) is 4.16. The van der Waals surface area contributed by atoms with Gasteiger partial charge in [-0.2, -0.15) is 4.98 Å². The molecule has 94 valence electrons. The van der Waals surface area contributed by atoms with Crippen LogP contribution in [0.25, 0.3) is 0 Å². The molecule has 1 aromatic carbocycles. The van der Waals surface area contributed by atoms with Crippen LogP contribution in [0.2, 0.25) is 0 Å². The summed E-state index contributed by atoms with van der Waals surface area (Å²) in [5, 5.41) is 3.55. The van der Waals surface area contributed by atoms with Gasteiger partial charge < -0.3 is 0 Å². The molecule has 1 aliphatic heterocycles. The van der Waals surface area contributed by atoms with Crippen molar-refractivity contribution in [2.45, 2.75) is 23.8 Å². The highest BCUT2D eigenvalue weighted by molar-refractivity contribution is 7.72. The van der Waals surface area contributed by atoms with E-state index in [2.05, 4.69) is 10.1 Å². The van der Waals surface area contributed by atoms with Crippen molar-refractivity contribution in [1.82, 2.24) is 14.8 Å². The number of halogens is 1. The third-order valence-corrected chi connectivity index (χ3v) is 3.52. The number of nitrogens with zero attached hydrogens (tertiary/aromatic N) is 3. The fourth-order valence-electron chi connectivity index (χ4n) is 2.20. The summed E-state index contributed by atoms with van der Waals surface area (Å²) in [5.74, 6) is 0.0954. The number of hydrogen-bond donors (Lipinski definition) is 1. The van der Waals surface area contributed by atoms with Gasteiger partial charge in [0.25, 0.3) is 5.16 Å². The van der Waals surface area contributed by atoms with E-state index in [1.54, 1.807) is 0 Å². The van der Waals surface area contributed by atoms with E-state index >= 15 is 0 Å².